The number of benzene rings is 1. The molecule has 0 spiro atoms. The number of Topliss-reactive ketones (excluding diaryl/α,β-unsaturated/α-hetero) is 1. The largest absolute Gasteiger partial charge is 0.465 e. The number of aromatic nitrogens is 1. The van der Waals surface area contributed by atoms with Crippen LogP contribution in [0.4, 0.5) is 4.79 Å². The highest BCUT2D eigenvalue weighted by atomic mass is 16.4. The van der Waals surface area contributed by atoms with E-state index in [1.54, 1.807) is 24.4 Å². The van der Waals surface area contributed by atoms with Gasteiger partial charge in [-0.2, -0.15) is 0 Å². The maximum atomic E-state index is 12.9. The molecule has 1 aromatic carbocycles. The third-order valence-electron chi connectivity index (χ3n) is 4.63. The van der Waals surface area contributed by atoms with Crippen molar-refractivity contribution in [3.05, 3.63) is 66.0 Å². The molecule has 29 heavy (non-hydrogen) atoms. The molecule has 1 heterocycles. The fourth-order valence-corrected chi connectivity index (χ4v) is 3.06. The Kier molecular flexibility index (Phi) is 8.82. The van der Waals surface area contributed by atoms with Crippen LogP contribution in [0.2, 0.25) is 0 Å². The molecule has 0 aliphatic heterocycles. The van der Waals surface area contributed by atoms with Crippen LogP contribution in [0.5, 0.6) is 0 Å². The Morgan fingerprint density at radius 3 is 2.41 bits per heavy atom. The number of nitrogens with one attached hydrogen (secondary N) is 2. The van der Waals surface area contributed by atoms with Gasteiger partial charge in [0.25, 0.3) is 0 Å². The summed E-state index contributed by atoms with van der Waals surface area (Å²) in [4.78, 5) is 39.9. The van der Waals surface area contributed by atoms with E-state index in [2.05, 4.69) is 15.6 Å². The first-order chi connectivity index (χ1) is 14.0. The number of unbranched alkanes of at least 4 members (excludes halogenated alkanes) is 1. The maximum Gasteiger partial charge on any atom is 0.404 e. The van der Waals surface area contributed by atoms with E-state index in [9.17, 15) is 14.4 Å². The Morgan fingerprint density at radius 1 is 1.03 bits per heavy atom. The molecule has 1 aromatic heterocycles. The summed E-state index contributed by atoms with van der Waals surface area (Å²) in [5, 5.41) is 13.7. The van der Waals surface area contributed by atoms with Crippen molar-refractivity contribution in [1.82, 2.24) is 15.6 Å². The molecule has 1 unspecified atom stereocenters. The summed E-state index contributed by atoms with van der Waals surface area (Å²) < 4.78 is 0. The number of pyridine rings is 1. The lowest BCUT2D eigenvalue weighted by atomic mass is 9.91. The van der Waals surface area contributed by atoms with E-state index in [0.717, 1.165) is 5.56 Å². The molecule has 0 bridgehead atoms. The van der Waals surface area contributed by atoms with Gasteiger partial charge in [-0.05, 0) is 42.9 Å². The van der Waals surface area contributed by atoms with Crippen LogP contribution in [0.25, 0.3) is 0 Å². The number of hydrogen-bond acceptors (Lipinski definition) is 4. The number of nitrogens with zero attached hydrogens (tertiary/aromatic N) is 1. The molecule has 0 fully saturated rings. The smallest absolute Gasteiger partial charge is 0.404 e. The minimum Gasteiger partial charge on any atom is -0.465 e. The van der Waals surface area contributed by atoms with Gasteiger partial charge >= 0.3 is 6.09 Å². The van der Waals surface area contributed by atoms with E-state index < -0.39 is 12.1 Å². The summed E-state index contributed by atoms with van der Waals surface area (Å²) in [6, 6.07) is 14.3. The van der Waals surface area contributed by atoms with Crippen LogP contribution in [0, 0.1) is 0 Å². The van der Waals surface area contributed by atoms with E-state index in [-0.39, 0.29) is 24.0 Å². The Hall–Kier alpha value is -3.22. The fourth-order valence-electron chi connectivity index (χ4n) is 3.06. The quantitative estimate of drug-likeness (QED) is 0.398. The zero-order valence-electron chi connectivity index (χ0n) is 16.5. The predicted octanol–water partition coefficient (Wildman–Crippen LogP) is 3.38. The summed E-state index contributed by atoms with van der Waals surface area (Å²) in [6.07, 6.45) is 2.26. The maximum absolute atomic E-state index is 12.9. The average molecular weight is 397 g/mol. The van der Waals surface area contributed by atoms with Crippen LogP contribution in [0.3, 0.4) is 0 Å². The SMILES string of the molecule is CC(C[C@H](NC(=O)CCCCNC(=O)O)C(=O)c1ccccn1)c1ccccc1. The van der Waals surface area contributed by atoms with E-state index in [1.807, 2.05) is 37.3 Å². The van der Waals surface area contributed by atoms with Gasteiger partial charge in [-0.3, -0.25) is 14.6 Å². The van der Waals surface area contributed by atoms with E-state index >= 15 is 0 Å². The summed E-state index contributed by atoms with van der Waals surface area (Å²) in [7, 11) is 0. The Morgan fingerprint density at radius 2 is 1.76 bits per heavy atom. The molecular weight excluding hydrogens is 370 g/mol. The number of hydrogen-bond donors (Lipinski definition) is 3. The molecule has 2 aromatic rings. The Balaban J connectivity index is 1.99. The lowest BCUT2D eigenvalue weighted by Gasteiger charge is -2.21. The van der Waals surface area contributed by atoms with Gasteiger partial charge in [0.1, 0.15) is 5.69 Å². The number of ketones is 1. The first-order valence-corrected chi connectivity index (χ1v) is 9.73. The second-order valence-corrected chi connectivity index (χ2v) is 6.94. The van der Waals surface area contributed by atoms with Crippen LogP contribution >= 0.6 is 0 Å². The van der Waals surface area contributed by atoms with Gasteiger partial charge in [-0.15, -0.1) is 0 Å². The van der Waals surface area contributed by atoms with Crippen LogP contribution < -0.4 is 10.6 Å². The van der Waals surface area contributed by atoms with Crippen molar-refractivity contribution < 1.29 is 19.5 Å². The minimum atomic E-state index is -1.08. The monoisotopic (exact) mass is 397 g/mol. The predicted molar refractivity (Wildman–Crippen MR) is 110 cm³/mol. The van der Waals surface area contributed by atoms with Gasteiger partial charge in [0.2, 0.25) is 11.7 Å². The van der Waals surface area contributed by atoms with Crippen LogP contribution in [0.1, 0.15) is 54.6 Å². The van der Waals surface area contributed by atoms with Crippen LogP contribution in [-0.2, 0) is 4.79 Å². The van der Waals surface area contributed by atoms with Gasteiger partial charge in [0.15, 0.2) is 0 Å². The van der Waals surface area contributed by atoms with Gasteiger partial charge < -0.3 is 15.7 Å². The van der Waals surface area contributed by atoms with Gasteiger partial charge in [0.05, 0.1) is 6.04 Å². The number of carboxylic acid groups (broad SMARTS) is 1. The third kappa shape index (κ3) is 7.73. The molecule has 0 aliphatic carbocycles. The molecule has 0 aliphatic rings. The first kappa shape index (κ1) is 22.1. The summed E-state index contributed by atoms with van der Waals surface area (Å²) in [6.45, 7) is 2.32. The van der Waals surface area contributed by atoms with Crippen molar-refractivity contribution in [1.29, 1.82) is 0 Å². The second-order valence-electron chi connectivity index (χ2n) is 6.94. The highest BCUT2D eigenvalue weighted by Crippen LogP contribution is 2.22. The van der Waals surface area contributed by atoms with Gasteiger partial charge in [0, 0.05) is 19.2 Å². The zero-order valence-corrected chi connectivity index (χ0v) is 16.5. The molecule has 2 rings (SSSR count). The topological polar surface area (TPSA) is 108 Å². The van der Waals surface area contributed by atoms with Crippen molar-refractivity contribution in [2.75, 3.05) is 6.54 Å². The van der Waals surface area contributed by atoms with Crippen LogP contribution in [0.15, 0.2) is 54.7 Å². The van der Waals surface area contributed by atoms with Crippen molar-refractivity contribution in [3.8, 4) is 0 Å². The lowest BCUT2D eigenvalue weighted by molar-refractivity contribution is -0.121. The standard InChI is InChI=1S/C22H27N3O4/c1-16(17-9-3-2-4-10-17)15-19(21(27)18-11-5-7-13-23-18)25-20(26)12-6-8-14-24-22(28)29/h2-5,7,9-11,13,16,19,24H,6,8,12,14-15H2,1H3,(H,25,26)(H,28,29)/t16?,19-/m0/s1. The molecular formula is C22H27N3O4. The van der Waals surface area contributed by atoms with Crippen molar-refractivity contribution in [2.45, 2.75) is 44.6 Å². The van der Waals surface area contributed by atoms with E-state index in [1.165, 1.54) is 0 Å². The summed E-state index contributed by atoms with van der Waals surface area (Å²) >= 11 is 0. The normalized spacial score (nSPS) is 12.6. The summed E-state index contributed by atoms with van der Waals surface area (Å²) in [5.74, 6) is -0.363. The van der Waals surface area contributed by atoms with Crippen molar-refractivity contribution in [2.24, 2.45) is 0 Å². The molecule has 7 heteroatoms. The molecule has 0 radical (unpaired) electrons. The number of rotatable bonds is 11. The van der Waals surface area contributed by atoms with Gasteiger partial charge in [-0.1, -0.05) is 43.3 Å². The molecule has 154 valence electrons. The number of carbonyl (C=O) groups is 3. The van der Waals surface area contributed by atoms with Crippen molar-refractivity contribution in [3.63, 3.8) is 0 Å². The van der Waals surface area contributed by atoms with E-state index in [4.69, 9.17) is 5.11 Å². The molecule has 7 nitrogen and oxygen atoms in total. The Bertz CT molecular complexity index is 796. The highest BCUT2D eigenvalue weighted by molar-refractivity contribution is 6.00. The molecule has 3 N–H and O–H groups in total. The lowest BCUT2D eigenvalue weighted by Crippen LogP contribution is -2.42. The van der Waals surface area contributed by atoms with E-state index in [0.29, 0.717) is 31.5 Å². The number of carbonyl (C=O) groups excluding carboxylic acids is 2. The Labute approximate surface area is 170 Å². The third-order valence-corrected chi connectivity index (χ3v) is 4.63. The molecule has 2 amide bonds. The highest BCUT2D eigenvalue weighted by Gasteiger charge is 2.25. The second kappa shape index (κ2) is 11.6. The first-order valence-electron chi connectivity index (χ1n) is 9.73. The molecule has 0 saturated heterocycles. The van der Waals surface area contributed by atoms with Crippen molar-refractivity contribution >= 4 is 17.8 Å². The summed E-state index contributed by atoms with van der Waals surface area (Å²) in [5.41, 5.74) is 1.42. The molecule has 2 atom stereocenters. The van der Waals surface area contributed by atoms with Crippen LogP contribution in [-0.4, -0.2) is 40.5 Å². The fraction of sp³-hybridized carbons (Fsp3) is 0.364. The zero-order chi connectivity index (χ0) is 21.1. The van der Waals surface area contributed by atoms with Gasteiger partial charge in [-0.25, -0.2) is 4.79 Å². The minimum absolute atomic E-state index is 0.0777. The number of amides is 2. The average Bonchev–Trinajstić information content (AvgIpc) is 2.73. The molecule has 0 saturated carbocycles.